The molecule has 1 unspecified atom stereocenters. The van der Waals surface area contributed by atoms with Crippen LogP contribution in [0, 0.1) is 11.7 Å². The van der Waals surface area contributed by atoms with E-state index in [0.717, 1.165) is 0 Å². The lowest BCUT2D eigenvalue weighted by atomic mass is 9.88. The molecule has 1 saturated heterocycles. The van der Waals surface area contributed by atoms with E-state index in [4.69, 9.17) is 9.47 Å². The van der Waals surface area contributed by atoms with Crippen LogP contribution in [0.1, 0.15) is 47.4 Å². The quantitative estimate of drug-likeness (QED) is 0.678. The Labute approximate surface area is 197 Å². The molecule has 8 nitrogen and oxygen atoms in total. The summed E-state index contributed by atoms with van der Waals surface area (Å²) in [5.74, 6) is -0.461. The first-order valence-electron chi connectivity index (χ1n) is 11.4. The van der Waals surface area contributed by atoms with E-state index in [1.165, 1.54) is 18.2 Å². The van der Waals surface area contributed by atoms with Gasteiger partial charge < -0.3 is 25.0 Å². The highest BCUT2D eigenvalue weighted by atomic mass is 19.1. The lowest BCUT2D eigenvalue weighted by Crippen LogP contribution is -2.54. The van der Waals surface area contributed by atoms with E-state index in [0.29, 0.717) is 48.6 Å². The topological polar surface area (TPSA) is 97.0 Å². The second kappa shape index (κ2) is 10.1. The van der Waals surface area contributed by atoms with Crippen molar-refractivity contribution in [3.8, 4) is 11.5 Å². The van der Waals surface area contributed by atoms with Crippen molar-refractivity contribution < 1.29 is 28.2 Å². The van der Waals surface area contributed by atoms with Crippen LogP contribution >= 0.6 is 0 Å². The molecule has 2 aliphatic heterocycles. The number of hydrogen-bond donors (Lipinski definition) is 2. The van der Waals surface area contributed by atoms with Gasteiger partial charge in [-0.1, -0.05) is 6.07 Å². The van der Waals surface area contributed by atoms with E-state index in [9.17, 15) is 18.8 Å². The lowest BCUT2D eigenvalue weighted by molar-refractivity contribution is -0.125. The Hall–Kier alpha value is -3.62. The normalized spacial score (nSPS) is 16.3. The number of rotatable bonds is 6. The number of nitrogens with zero attached hydrogens (tertiary/aromatic N) is 1. The second-order valence-corrected chi connectivity index (χ2v) is 8.82. The summed E-state index contributed by atoms with van der Waals surface area (Å²) < 4.78 is 24.2. The summed E-state index contributed by atoms with van der Waals surface area (Å²) in [6.45, 7) is 4.63. The van der Waals surface area contributed by atoms with Crippen molar-refractivity contribution in [2.45, 2.75) is 38.8 Å². The highest BCUT2D eigenvalue weighted by Crippen LogP contribution is 2.32. The molecule has 1 fully saturated rings. The van der Waals surface area contributed by atoms with Crippen LogP contribution in [-0.4, -0.2) is 54.6 Å². The first kappa shape index (κ1) is 23.5. The SMILES string of the molecule is CC(C)NC(=O)C(NC(=O)c1ccc2c(c1)OCO2)C1CCN(C(=O)c2cccc(F)c2)CC1. The van der Waals surface area contributed by atoms with Crippen LogP contribution in [0.3, 0.4) is 0 Å². The van der Waals surface area contributed by atoms with Crippen LogP contribution in [0.25, 0.3) is 0 Å². The van der Waals surface area contributed by atoms with E-state index in [-0.39, 0.29) is 36.5 Å². The van der Waals surface area contributed by atoms with Crippen LogP contribution in [0.15, 0.2) is 42.5 Å². The van der Waals surface area contributed by atoms with Gasteiger partial charge in [-0.25, -0.2) is 4.39 Å². The minimum Gasteiger partial charge on any atom is -0.454 e. The van der Waals surface area contributed by atoms with Crippen LogP contribution in [0.4, 0.5) is 4.39 Å². The molecular weight excluding hydrogens is 441 g/mol. The van der Waals surface area contributed by atoms with E-state index in [2.05, 4.69) is 10.6 Å². The fraction of sp³-hybridized carbons (Fsp3) is 0.400. The predicted molar refractivity (Wildman–Crippen MR) is 122 cm³/mol. The molecule has 9 heteroatoms. The van der Waals surface area contributed by atoms with E-state index in [1.807, 2.05) is 13.8 Å². The largest absolute Gasteiger partial charge is 0.454 e. The summed E-state index contributed by atoms with van der Waals surface area (Å²) in [5.41, 5.74) is 0.661. The van der Waals surface area contributed by atoms with Crippen LogP contribution in [0.5, 0.6) is 11.5 Å². The number of amides is 3. The summed E-state index contributed by atoms with van der Waals surface area (Å²) in [7, 11) is 0. The molecule has 2 aromatic carbocycles. The number of hydrogen-bond acceptors (Lipinski definition) is 5. The summed E-state index contributed by atoms with van der Waals surface area (Å²) in [6, 6.07) is 9.64. The molecule has 0 spiro atoms. The molecule has 1 atom stereocenters. The maximum atomic E-state index is 13.5. The summed E-state index contributed by atoms with van der Waals surface area (Å²) in [5, 5.41) is 5.77. The van der Waals surface area contributed by atoms with Gasteiger partial charge in [0.05, 0.1) is 0 Å². The molecular formula is C25H28FN3O5. The lowest BCUT2D eigenvalue weighted by Gasteiger charge is -2.36. The Morgan fingerprint density at radius 1 is 0.971 bits per heavy atom. The summed E-state index contributed by atoms with van der Waals surface area (Å²) in [6.07, 6.45) is 1.05. The van der Waals surface area contributed by atoms with Gasteiger partial charge in [-0.05, 0) is 69.0 Å². The van der Waals surface area contributed by atoms with Crippen molar-refractivity contribution in [1.82, 2.24) is 15.5 Å². The monoisotopic (exact) mass is 469 g/mol. The Kier molecular flexibility index (Phi) is 7.00. The number of likely N-dealkylation sites (tertiary alicyclic amines) is 1. The molecule has 2 N–H and O–H groups in total. The molecule has 34 heavy (non-hydrogen) atoms. The van der Waals surface area contributed by atoms with Gasteiger partial charge in [0.15, 0.2) is 11.5 Å². The van der Waals surface area contributed by atoms with Crippen LogP contribution in [-0.2, 0) is 4.79 Å². The van der Waals surface area contributed by atoms with Crippen molar-refractivity contribution in [2.24, 2.45) is 5.92 Å². The third-order valence-electron chi connectivity index (χ3n) is 6.00. The molecule has 0 aliphatic carbocycles. The minimum atomic E-state index is -0.758. The molecule has 2 aromatic rings. The van der Waals surface area contributed by atoms with Gasteiger partial charge in [-0.3, -0.25) is 14.4 Å². The second-order valence-electron chi connectivity index (χ2n) is 8.82. The first-order chi connectivity index (χ1) is 16.3. The average molecular weight is 470 g/mol. The zero-order valence-corrected chi connectivity index (χ0v) is 19.2. The third-order valence-corrected chi connectivity index (χ3v) is 6.00. The standard InChI is InChI=1S/C25H28FN3O5/c1-15(2)27-24(31)22(28-23(30)17-6-7-20-21(13-17)34-14-33-20)16-8-10-29(11-9-16)25(32)18-4-3-5-19(26)12-18/h3-7,12-13,15-16,22H,8-11,14H2,1-2H3,(H,27,31)(H,28,30). The van der Waals surface area contributed by atoms with Gasteiger partial charge in [0.25, 0.3) is 11.8 Å². The zero-order chi connectivity index (χ0) is 24.2. The maximum Gasteiger partial charge on any atom is 0.253 e. The molecule has 0 saturated carbocycles. The molecule has 3 amide bonds. The minimum absolute atomic E-state index is 0.0907. The summed E-state index contributed by atoms with van der Waals surface area (Å²) in [4.78, 5) is 40.4. The van der Waals surface area contributed by atoms with Crippen molar-refractivity contribution in [2.75, 3.05) is 19.9 Å². The Bertz CT molecular complexity index is 1080. The van der Waals surface area contributed by atoms with Gasteiger partial charge in [-0.15, -0.1) is 0 Å². The van der Waals surface area contributed by atoms with Crippen molar-refractivity contribution >= 4 is 17.7 Å². The van der Waals surface area contributed by atoms with Gasteiger partial charge in [-0.2, -0.15) is 0 Å². The molecule has 180 valence electrons. The smallest absolute Gasteiger partial charge is 0.253 e. The number of nitrogens with one attached hydrogen (secondary N) is 2. The first-order valence-corrected chi connectivity index (χ1v) is 11.4. The highest BCUT2D eigenvalue weighted by molar-refractivity contribution is 5.98. The number of halogens is 1. The van der Waals surface area contributed by atoms with Gasteiger partial charge in [0.2, 0.25) is 12.7 Å². The number of benzene rings is 2. The molecule has 0 bridgehead atoms. The van der Waals surface area contributed by atoms with Gasteiger partial charge in [0, 0.05) is 30.3 Å². The van der Waals surface area contributed by atoms with Crippen LogP contribution < -0.4 is 20.1 Å². The number of fused-ring (bicyclic) bond motifs is 1. The van der Waals surface area contributed by atoms with Crippen molar-refractivity contribution in [1.29, 1.82) is 0 Å². The van der Waals surface area contributed by atoms with Crippen LogP contribution in [0.2, 0.25) is 0 Å². The van der Waals surface area contributed by atoms with Gasteiger partial charge in [0.1, 0.15) is 11.9 Å². The molecule has 0 radical (unpaired) electrons. The van der Waals surface area contributed by atoms with E-state index >= 15 is 0 Å². The fourth-order valence-corrected chi connectivity index (χ4v) is 4.27. The highest BCUT2D eigenvalue weighted by Gasteiger charge is 2.34. The maximum absolute atomic E-state index is 13.5. The number of piperidine rings is 1. The Morgan fingerprint density at radius 2 is 1.71 bits per heavy atom. The molecule has 4 rings (SSSR count). The summed E-state index contributed by atoms with van der Waals surface area (Å²) >= 11 is 0. The zero-order valence-electron chi connectivity index (χ0n) is 19.2. The predicted octanol–water partition coefficient (Wildman–Crippen LogP) is 2.73. The molecule has 2 heterocycles. The average Bonchev–Trinajstić information content (AvgIpc) is 3.29. The molecule has 2 aliphatic rings. The number of carbonyl (C=O) groups is 3. The Morgan fingerprint density at radius 3 is 2.41 bits per heavy atom. The van der Waals surface area contributed by atoms with Crippen molar-refractivity contribution in [3.63, 3.8) is 0 Å². The van der Waals surface area contributed by atoms with Crippen molar-refractivity contribution in [3.05, 3.63) is 59.4 Å². The van der Waals surface area contributed by atoms with E-state index in [1.54, 1.807) is 29.2 Å². The number of ether oxygens (including phenoxy) is 2. The fourth-order valence-electron chi connectivity index (χ4n) is 4.27. The molecule has 0 aromatic heterocycles. The third kappa shape index (κ3) is 5.30. The number of carbonyl (C=O) groups excluding carboxylic acids is 3. The van der Waals surface area contributed by atoms with Gasteiger partial charge >= 0.3 is 0 Å². The Balaban J connectivity index is 1.44. The van der Waals surface area contributed by atoms with E-state index < -0.39 is 11.9 Å².